The summed E-state index contributed by atoms with van der Waals surface area (Å²) in [7, 11) is -3.85. The minimum atomic E-state index is -3.85. The van der Waals surface area contributed by atoms with E-state index < -0.39 is 20.6 Å². The van der Waals surface area contributed by atoms with E-state index in [1.165, 1.54) is 16.4 Å². The number of piperazine rings is 1. The summed E-state index contributed by atoms with van der Waals surface area (Å²) in [5.74, 6) is 0. The van der Waals surface area contributed by atoms with Crippen LogP contribution in [-0.2, 0) is 10.0 Å². The van der Waals surface area contributed by atoms with Crippen molar-refractivity contribution in [3.05, 3.63) is 32.8 Å². The number of hydrogen-bond acceptors (Lipinski definition) is 5. The molecule has 0 aliphatic carbocycles. The Bertz CT molecular complexity index is 677. The van der Waals surface area contributed by atoms with Crippen molar-refractivity contribution in [2.75, 3.05) is 19.6 Å². The molecule has 1 aliphatic rings. The highest BCUT2D eigenvalue weighted by Gasteiger charge is 2.33. The molecule has 0 amide bonds. The maximum absolute atomic E-state index is 12.7. The van der Waals surface area contributed by atoms with Crippen LogP contribution in [0, 0.1) is 17.0 Å². The average molecular weight is 334 g/mol. The molecule has 116 valence electrons. The summed E-state index contributed by atoms with van der Waals surface area (Å²) in [5.41, 5.74) is 0.0892. The number of nitro benzene ring substituents is 1. The first-order valence-electron chi connectivity index (χ1n) is 6.41. The lowest BCUT2D eigenvalue weighted by atomic mass is 10.2. The first-order valence-corrected chi connectivity index (χ1v) is 8.23. The topological polar surface area (TPSA) is 92.5 Å². The van der Waals surface area contributed by atoms with Gasteiger partial charge in [0.25, 0.3) is 5.69 Å². The summed E-state index contributed by atoms with van der Waals surface area (Å²) in [4.78, 5) is 10.1. The fourth-order valence-corrected chi connectivity index (χ4v) is 4.46. The molecule has 1 saturated heterocycles. The first kappa shape index (κ1) is 16.2. The predicted molar refractivity (Wildman–Crippen MR) is 79.1 cm³/mol. The van der Waals surface area contributed by atoms with Crippen molar-refractivity contribution >= 4 is 27.3 Å². The lowest BCUT2D eigenvalue weighted by molar-refractivity contribution is -0.385. The second-order valence-corrected chi connectivity index (χ2v) is 7.36. The molecular weight excluding hydrogens is 318 g/mol. The molecule has 1 aromatic carbocycles. The third-order valence-corrected chi connectivity index (χ3v) is 5.71. The Morgan fingerprint density at radius 1 is 1.48 bits per heavy atom. The second-order valence-electron chi connectivity index (χ2n) is 5.07. The van der Waals surface area contributed by atoms with Crippen LogP contribution < -0.4 is 5.32 Å². The van der Waals surface area contributed by atoms with Gasteiger partial charge in [0.1, 0.15) is 9.92 Å². The van der Waals surface area contributed by atoms with Crippen molar-refractivity contribution < 1.29 is 13.3 Å². The monoisotopic (exact) mass is 333 g/mol. The molecule has 0 unspecified atom stereocenters. The molecule has 1 heterocycles. The number of benzene rings is 1. The molecule has 1 atom stereocenters. The Hall–Kier alpha value is -1.22. The summed E-state index contributed by atoms with van der Waals surface area (Å²) < 4.78 is 26.6. The number of hydrogen-bond donors (Lipinski definition) is 1. The summed E-state index contributed by atoms with van der Waals surface area (Å²) in [5, 5.41) is 13.8. The first-order chi connectivity index (χ1) is 9.73. The maximum atomic E-state index is 12.7. The van der Waals surface area contributed by atoms with Gasteiger partial charge in [-0.15, -0.1) is 0 Å². The van der Waals surface area contributed by atoms with Gasteiger partial charge in [-0.3, -0.25) is 10.1 Å². The van der Waals surface area contributed by atoms with Crippen LogP contribution in [0.4, 0.5) is 5.69 Å². The average Bonchev–Trinajstić information content (AvgIpc) is 2.40. The van der Waals surface area contributed by atoms with Gasteiger partial charge in [-0.2, -0.15) is 4.31 Å². The van der Waals surface area contributed by atoms with Crippen LogP contribution in [0.25, 0.3) is 0 Å². The van der Waals surface area contributed by atoms with Gasteiger partial charge in [0.05, 0.1) is 4.92 Å². The second kappa shape index (κ2) is 5.88. The molecule has 21 heavy (non-hydrogen) atoms. The van der Waals surface area contributed by atoms with Crippen molar-refractivity contribution in [2.24, 2.45) is 0 Å². The zero-order valence-corrected chi connectivity index (χ0v) is 13.2. The van der Waals surface area contributed by atoms with E-state index in [-0.39, 0.29) is 16.0 Å². The SMILES string of the molecule is Cc1cc([N+](=O)[O-])c(Cl)c(S(=O)(=O)N2CCN[C@H](C)C2)c1. The van der Waals surface area contributed by atoms with Crippen LogP contribution in [0.2, 0.25) is 5.02 Å². The van der Waals surface area contributed by atoms with Crippen LogP contribution in [-0.4, -0.2) is 43.3 Å². The maximum Gasteiger partial charge on any atom is 0.289 e. The highest BCUT2D eigenvalue weighted by molar-refractivity contribution is 7.89. The van der Waals surface area contributed by atoms with Crippen molar-refractivity contribution in [2.45, 2.75) is 24.8 Å². The van der Waals surface area contributed by atoms with Gasteiger partial charge in [0.15, 0.2) is 0 Å². The van der Waals surface area contributed by atoms with E-state index in [0.29, 0.717) is 25.2 Å². The van der Waals surface area contributed by atoms with Gasteiger partial charge in [0.2, 0.25) is 10.0 Å². The van der Waals surface area contributed by atoms with Crippen molar-refractivity contribution in [3.63, 3.8) is 0 Å². The van der Waals surface area contributed by atoms with Crippen LogP contribution in [0.15, 0.2) is 17.0 Å². The Kier molecular flexibility index (Phi) is 4.52. The quantitative estimate of drug-likeness (QED) is 0.669. The number of rotatable bonds is 3. The highest BCUT2D eigenvalue weighted by Crippen LogP contribution is 2.34. The molecule has 1 fully saturated rings. The summed E-state index contributed by atoms with van der Waals surface area (Å²) in [6, 6.07) is 2.66. The fourth-order valence-electron chi connectivity index (χ4n) is 2.29. The molecule has 7 nitrogen and oxygen atoms in total. The number of sulfonamides is 1. The molecule has 1 aromatic rings. The molecule has 1 N–H and O–H groups in total. The standard InChI is InChI=1S/C12H16ClN3O4S/c1-8-5-10(16(17)18)12(13)11(6-8)21(19,20)15-4-3-14-9(2)7-15/h5-6,9,14H,3-4,7H2,1-2H3/t9-/m1/s1. The Balaban J connectivity index is 2.52. The number of halogens is 1. The zero-order chi connectivity index (χ0) is 15.8. The highest BCUT2D eigenvalue weighted by atomic mass is 35.5. The van der Waals surface area contributed by atoms with Crippen LogP contribution >= 0.6 is 11.6 Å². The van der Waals surface area contributed by atoms with Gasteiger partial charge in [0, 0.05) is 31.7 Å². The van der Waals surface area contributed by atoms with E-state index in [4.69, 9.17) is 11.6 Å². The summed E-state index contributed by atoms with van der Waals surface area (Å²) in [6.45, 7) is 4.63. The predicted octanol–water partition coefficient (Wildman–Crippen LogP) is 1.54. The number of nitrogens with zero attached hydrogens (tertiary/aromatic N) is 2. The van der Waals surface area contributed by atoms with Gasteiger partial charge in [-0.1, -0.05) is 11.6 Å². The Labute approximate surface area is 128 Å². The van der Waals surface area contributed by atoms with E-state index in [2.05, 4.69) is 5.32 Å². The summed E-state index contributed by atoms with van der Waals surface area (Å²) in [6.07, 6.45) is 0. The minimum absolute atomic E-state index is 0.0205. The van der Waals surface area contributed by atoms with Crippen molar-refractivity contribution in [1.29, 1.82) is 0 Å². The molecule has 0 saturated carbocycles. The Morgan fingerprint density at radius 3 is 2.71 bits per heavy atom. The van der Waals surface area contributed by atoms with E-state index in [0.717, 1.165) is 0 Å². The fraction of sp³-hybridized carbons (Fsp3) is 0.500. The summed E-state index contributed by atoms with van der Waals surface area (Å²) >= 11 is 5.95. The minimum Gasteiger partial charge on any atom is -0.312 e. The molecular formula is C12H16ClN3O4S. The van der Waals surface area contributed by atoms with Crippen LogP contribution in [0.3, 0.4) is 0 Å². The van der Waals surface area contributed by atoms with Gasteiger partial charge < -0.3 is 5.32 Å². The number of aryl methyl sites for hydroxylation is 1. The lowest BCUT2D eigenvalue weighted by Crippen LogP contribution is -2.51. The van der Waals surface area contributed by atoms with Crippen molar-refractivity contribution in [3.8, 4) is 0 Å². The zero-order valence-electron chi connectivity index (χ0n) is 11.7. The molecule has 0 spiro atoms. The van der Waals surface area contributed by atoms with Gasteiger partial charge in [-0.25, -0.2) is 8.42 Å². The third-order valence-electron chi connectivity index (χ3n) is 3.31. The molecule has 0 bridgehead atoms. The van der Waals surface area contributed by atoms with E-state index in [1.807, 2.05) is 6.92 Å². The normalized spacial score (nSPS) is 20.4. The van der Waals surface area contributed by atoms with E-state index in [1.54, 1.807) is 6.92 Å². The van der Waals surface area contributed by atoms with Crippen LogP contribution in [0.1, 0.15) is 12.5 Å². The third kappa shape index (κ3) is 3.18. The smallest absolute Gasteiger partial charge is 0.289 e. The van der Waals surface area contributed by atoms with Gasteiger partial charge >= 0.3 is 0 Å². The number of nitro groups is 1. The largest absolute Gasteiger partial charge is 0.312 e. The van der Waals surface area contributed by atoms with E-state index in [9.17, 15) is 18.5 Å². The molecule has 0 aromatic heterocycles. The van der Waals surface area contributed by atoms with Crippen molar-refractivity contribution in [1.82, 2.24) is 9.62 Å². The molecule has 2 rings (SSSR count). The van der Waals surface area contributed by atoms with Gasteiger partial charge in [-0.05, 0) is 25.5 Å². The molecule has 1 aliphatic heterocycles. The van der Waals surface area contributed by atoms with Crippen LogP contribution in [0.5, 0.6) is 0 Å². The lowest BCUT2D eigenvalue weighted by Gasteiger charge is -2.31. The number of nitrogens with one attached hydrogen (secondary N) is 1. The Morgan fingerprint density at radius 2 is 2.14 bits per heavy atom. The van der Waals surface area contributed by atoms with E-state index >= 15 is 0 Å². The molecule has 0 radical (unpaired) electrons. The molecule has 9 heteroatoms.